The molecule has 4 nitrogen and oxygen atoms in total. The van der Waals surface area contributed by atoms with E-state index >= 15 is 0 Å². The van der Waals surface area contributed by atoms with Crippen molar-refractivity contribution in [2.75, 3.05) is 13.6 Å². The van der Waals surface area contributed by atoms with Crippen LogP contribution in [-0.2, 0) is 10.0 Å². The van der Waals surface area contributed by atoms with Crippen LogP contribution in [0.25, 0.3) is 0 Å². The summed E-state index contributed by atoms with van der Waals surface area (Å²) in [7, 11) is -1.95. The third kappa shape index (κ3) is 3.68. The number of benzene rings is 1. The molecule has 1 rings (SSSR count). The zero-order valence-electron chi connectivity index (χ0n) is 10.6. The van der Waals surface area contributed by atoms with Crippen LogP contribution < -0.4 is 5.73 Å². The third-order valence-corrected chi connectivity index (χ3v) is 5.67. The summed E-state index contributed by atoms with van der Waals surface area (Å²) in [5.74, 6) is 0. The van der Waals surface area contributed by atoms with Gasteiger partial charge in [-0.25, -0.2) is 8.42 Å². The lowest BCUT2D eigenvalue weighted by Gasteiger charge is -2.23. The van der Waals surface area contributed by atoms with Crippen molar-refractivity contribution in [2.24, 2.45) is 5.73 Å². The molecule has 1 aromatic carbocycles. The molecule has 18 heavy (non-hydrogen) atoms. The van der Waals surface area contributed by atoms with Crippen LogP contribution in [0.15, 0.2) is 27.6 Å². The topological polar surface area (TPSA) is 63.4 Å². The van der Waals surface area contributed by atoms with Crippen LogP contribution in [0.1, 0.15) is 12.5 Å². The van der Waals surface area contributed by atoms with Gasteiger partial charge in [-0.15, -0.1) is 12.4 Å². The number of aryl methyl sites for hydroxylation is 1. The zero-order valence-corrected chi connectivity index (χ0v) is 13.8. The van der Waals surface area contributed by atoms with E-state index in [9.17, 15) is 8.42 Å². The van der Waals surface area contributed by atoms with Crippen molar-refractivity contribution in [3.05, 3.63) is 28.2 Å². The fourth-order valence-corrected chi connectivity index (χ4v) is 3.73. The number of hydrogen-bond acceptors (Lipinski definition) is 3. The Morgan fingerprint density at radius 2 is 2.00 bits per heavy atom. The molecule has 1 aromatic rings. The fourth-order valence-electron chi connectivity index (χ4n) is 1.35. The van der Waals surface area contributed by atoms with E-state index in [0.717, 1.165) is 5.56 Å². The predicted molar refractivity (Wildman–Crippen MR) is 79.6 cm³/mol. The minimum Gasteiger partial charge on any atom is -0.329 e. The minimum atomic E-state index is -3.50. The maximum atomic E-state index is 12.3. The van der Waals surface area contributed by atoms with Gasteiger partial charge >= 0.3 is 0 Å². The molecule has 0 aliphatic rings. The largest absolute Gasteiger partial charge is 0.329 e. The van der Waals surface area contributed by atoms with Gasteiger partial charge in [-0.3, -0.25) is 0 Å². The molecule has 0 saturated heterocycles. The van der Waals surface area contributed by atoms with Crippen LogP contribution in [0.4, 0.5) is 0 Å². The van der Waals surface area contributed by atoms with Gasteiger partial charge in [0.2, 0.25) is 10.0 Å². The lowest BCUT2D eigenvalue weighted by molar-refractivity contribution is 0.394. The minimum absolute atomic E-state index is 0. The molecule has 0 saturated carbocycles. The molecule has 1 atom stereocenters. The van der Waals surface area contributed by atoms with Gasteiger partial charge in [0.1, 0.15) is 0 Å². The number of nitrogens with two attached hydrogens (primary N) is 1. The van der Waals surface area contributed by atoms with Crippen LogP contribution in [0.2, 0.25) is 0 Å². The molecule has 2 N–H and O–H groups in total. The molecule has 0 aliphatic carbocycles. The predicted octanol–water partition coefficient (Wildman–Crippen LogP) is 2.15. The second kappa shape index (κ2) is 6.86. The van der Waals surface area contributed by atoms with E-state index in [0.29, 0.717) is 11.0 Å². The Hall–Kier alpha value is -0.140. The van der Waals surface area contributed by atoms with E-state index in [1.165, 1.54) is 4.31 Å². The number of sulfonamides is 1. The monoisotopic (exact) mass is 356 g/mol. The highest BCUT2D eigenvalue weighted by atomic mass is 79.9. The molecule has 0 aromatic heterocycles. The van der Waals surface area contributed by atoms with Crippen LogP contribution in [0, 0.1) is 6.92 Å². The first-order valence-corrected chi connectivity index (χ1v) is 7.48. The Bertz CT molecular complexity index is 508. The molecule has 0 aliphatic heterocycles. The van der Waals surface area contributed by atoms with Gasteiger partial charge in [0.25, 0.3) is 0 Å². The van der Waals surface area contributed by atoms with Gasteiger partial charge in [0, 0.05) is 24.1 Å². The molecule has 7 heteroatoms. The third-order valence-electron chi connectivity index (χ3n) is 2.71. The summed E-state index contributed by atoms with van der Waals surface area (Å²) in [5.41, 5.74) is 6.40. The van der Waals surface area contributed by atoms with E-state index in [2.05, 4.69) is 15.9 Å². The number of hydrogen-bond donors (Lipinski definition) is 1. The van der Waals surface area contributed by atoms with Gasteiger partial charge in [0.15, 0.2) is 0 Å². The first kappa shape index (κ1) is 17.9. The Balaban J connectivity index is 0.00000289. The van der Waals surface area contributed by atoms with E-state index in [-0.39, 0.29) is 23.3 Å². The SMILES string of the molecule is Cc1ccc(Br)c(S(=O)(=O)N(C)C(C)CN)c1.Cl. The lowest BCUT2D eigenvalue weighted by Crippen LogP contribution is -2.39. The van der Waals surface area contributed by atoms with Crippen LogP contribution in [0.5, 0.6) is 0 Å². The average Bonchev–Trinajstić information content (AvgIpc) is 2.30. The standard InChI is InChI=1S/C11H17BrN2O2S.ClH/c1-8-4-5-10(12)11(6-8)17(15,16)14(3)9(2)7-13;/h4-6,9H,7,13H2,1-3H3;1H. The fraction of sp³-hybridized carbons (Fsp3) is 0.455. The average molecular weight is 358 g/mol. The van der Waals surface area contributed by atoms with E-state index in [4.69, 9.17) is 5.73 Å². The summed E-state index contributed by atoms with van der Waals surface area (Å²) >= 11 is 3.27. The Morgan fingerprint density at radius 3 is 2.50 bits per heavy atom. The van der Waals surface area contributed by atoms with Crippen molar-refractivity contribution in [3.63, 3.8) is 0 Å². The molecule has 1 unspecified atom stereocenters. The summed E-state index contributed by atoms with van der Waals surface area (Å²) < 4.78 is 26.6. The summed E-state index contributed by atoms with van der Waals surface area (Å²) in [6, 6.07) is 5.02. The number of halogens is 2. The van der Waals surface area contributed by atoms with Crippen molar-refractivity contribution in [1.29, 1.82) is 0 Å². The van der Waals surface area contributed by atoms with Crippen molar-refractivity contribution in [2.45, 2.75) is 24.8 Å². The van der Waals surface area contributed by atoms with Crippen molar-refractivity contribution in [1.82, 2.24) is 4.31 Å². The molecule has 0 fully saturated rings. The van der Waals surface area contributed by atoms with Crippen molar-refractivity contribution in [3.8, 4) is 0 Å². The highest BCUT2D eigenvalue weighted by Crippen LogP contribution is 2.26. The van der Waals surface area contributed by atoms with Gasteiger partial charge in [-0.2, -0.15) is 4.31 Å². The van der Waals surface area contributed by atoms with Crippen LogP contribution in [-0.4, -0.2) is 32.4 Å². The van der Waals surface area contributed by atoms with Gasteiger partial charge in [0.05, 0.1) is 4.90 Å². The van der Waals surface area contributed by atoms with Gasteiger partial charge < -0.3 is 5.73 Å². The maximum absolute atomic E-state index is 12.3. The molecular formula is C11H18BrClN2O2S. The summed E-state index contributed by atoms with van der Waals surface area (Å²) in [6.45, 7) is 3.93. The molecule has 104 valence electrons. The Morgan fingerprint density at radius 1 is 1.44 bits per heavy atom. The molecule has 0 radical (unpaired) electrons. The summed E-state index contributed by atoms with van der Waals surface area (Å²) in [6.07, 6.45) is 0. The molecule has 0 heterocycles. The normalized spacial score (nSPS) is 13.2. The molecule has 0 spiro atoms. The maximum Gasteiger partial charge on any atom is 0.244 e. The Labute approximate surface area is 123 Å². The first-order chi connectivity index (χ1) is 7.80. The highest BCUT2D eigenvalue weighted by Gasteiger charge is 2.26. The zero-order chi connectivity index (χ0) is 13.2. The smallest absolute Gasteiger partial charge is 0.244 e. The molecule has 0 bridgehead atoms. The first-order valence-electron chi connectivity index (χ1n) is 5.25. The number of likely N-dealkylation sites (N-methyl/N-ethyl adjacent to an activating group) is 1. The van der Waals surface area contributed by atoms with E-state index in [1.807, 2.05) is 13.0 Å². The highest BCUT2D eigenvalue weighted by molar-refractivity contribution is 9.10. The van der Waals surface area contributed by atoms with Crippen LogP contribution in [0.3, 0.4) is 0 Å². The second-order valence-electron chi connectivity index (χ2n) is 4.04. The Kier molecular flexibility index (Phi) is 6.81. The van der Waals surface area contributed by atoms with E-state index in [1.54, 1.807) is 26.1 Å². The second-order valence-corrected chi connectivity index (χ2v) is 6.86. The summed E-state index contributed by atoms with van der Waals surface area (Å²) in [5, 5.41) is 0. The molecule has 0 amide bonds. The van der Waals surface area contributed by atoms with Gasteiger partial charge in [-0.1, -0.05) is 6.07 Å². The lowest BCUT2D eigenvalue weighted by atomic mass is 10.2. The van der Waals surface area contributed by atoms with E-state index < -0.39 is 10.0 Å². The van der Waals surface area contributed by atoms with Crippen LogP contribution >= 0.6 is 28.3 Å². The number of nitrogens with zero attached hydrogens (tertiary/aromatic N) is 1. The summed E-state index contributed by atoms with van der Waals surface area (Å²) in [4.78, 5) is 0.278. The van der Waals surface area contributed by atoms with Crippen molar-refractivity contribution >= 4 is 38.4 Å². The molecular weight excluding hydrogens is 340 g/mol. The number of rotatable bonds is 4. The quantitative estimate of drug-likeness (QED) is 0.898. The van der Waals surface area contributed by atoms with Gasteiger partial charge in [-0.05, 0) is 47.5 Å². The van der Waals surface area contributed by atoms with Crippen molar-refractivity contribution < 1.29 is 8.42 Å².